The molecular weight excluding hydrogens is 246 g/mol. The van der Waals surface area contributed by atoms with Crippen LogP contribution in [0, 0.1) is 5.92 Å². The summed E-state index contributed by atoms with van der Waals surface area (Å²) in [6, 6.07) is 0.427. The van der Waals surface area contributed by atoms with E-state index >= 15 is 0 Å². The minimum absolute atomic E-state index is 0.105. The molecule has 0 bridgehead atoms. The van der Waals surface area contributed by atoms with Crippen LogP contribution < -0.4 is 5.32 Å². The molecule has 1 saturated heterocycles. The van der Waals surface area contributed by atoms with Gasteiger partial charge in [0.25, 0.3) is 0 Å². The molecule has 1 aliphatic heterocycles. The van der Waals surface area contributed by atoms with Gasteiger partial charge in [-0.1, -0.05) is 12.8 Å². The summed E-state index contributed by atoms with van der Waals surface area (Å²) in [6.07, 6.45) is 5.98. The van der Waals surface area contributed by atoms with Gasteiger partial charge in [0.2, 0.25) is 0 Å². The van der Waals surface area contributed by atoms with Crippen molar-refractivity contribution >= 4 is 5.97 Å². The van der Waals surface area contributed by atoms with Gasteiger partial charge in [0.05, 0.1) is 19.8 Å². The summed E-state index contributed by atoms with van der Waals surface area (Å²) in [5.41, 5.74) is 0. The number of methoxy groups -OCH3 is 1. The molecule has 0 radical (unpaired) electrons. The number of rotatable bonds is 7. The SMILES string of the molecule is COCCOCCOC(=O)C1CC2CCCCC2N1. The molecule has 5 heteroatoms. The van der Waals surface area contributed by atoms with Gasteiger partial charge in [0.15, 0.2) is 0 Å². The van der Waals surface area contributed by atoms with Crippen molar-refractivity contribution in [1.29, 1.82) is 0 Å². The van der Waals surface area contributed by atoms with E-state index in [2.05, 4.69) is 5.32 Å². The normalized spacial score (nSPS) is 30.1. The molecule has 2 rings (SSSR count). The number of fused-ring (bicyclic) bond motifs is 1. The predicted octanol–water partition coefficient (Wildman–Crippen LogP) is 1.11. The molecule has 1 N–H and O–H groups in total. The van der Waals surface area contributed by atoms with E-state index in [0.717, 1.165) is 6.42 Å². The Morgan fingerprint density at radius 3 is 2.74 bits per heavy atom. The van der Waals surface area contributed by atoms with Gasteiger partial charge in [0, 0.05) is 13.2 Å². The van der Waals surface area contributed by atoms with Crippen molar-refractivity contribution in [3.05, 3.63) is 0 Å². The number of hydrogen-bond acceptors (Lipinski definition) is 5. The molecule has 3 atom stereocenters. The lowest BCUT2D eigenvalue weighted by Gasteiger charge is -2.24. The summed E-state index contributed by atoms with van der Waals surface area (Å²) in [6.45, 7) is 1.88. The Hall–Kier alpha value is -0.650. The van der Waals surface area contributed by atoms with Crippen molar-refractivity contribution in [2.24, 2.45) is 5.92 Å². The Balaban J connectivity index is 1.59. The summed E-state index contributed by atoms with van der Waals surface area (Å²) in [5, 5.41) is 3.42. The standard InChI is InChI=1S/C14H25NO4/c1-17-6-7-18-8-9-19-14(16)13-10-11-4-2-3-5-12(11)15-13/h11-13,15H,2-10H2,1H3. The number of hydrogen-bond donors (Lipinski definition) is 1. The third-order valence-corrected chi connectivity index (χ3v) is 4.05. The molecule has 110 valence electrons. The lowest BCUT2D eigenvalue weighted by Crippen LogP contribution is -2.38. The molecule has 3 unspecified atom stereocenters. The highest BCUT2D eigenvalue weighted by molar-refractivity contribution is 5.76. The van der Waals surface area contributed by atoms with E-state index in [1.165, 1.54) is 25.7 Å². The van der Waals surface area contributed by atoms with Gasteiger partial charge in [-0.05, 0) is 25.2 Å². The van der Waals surface area contributed by atoms with Gasteiger partial charge >= 0.3 is 5.97 Å². The maximum absolute atomic E-state index is 11.9. The highest BCUT2D eigenvalue weighted by atomic mass is 16.6. The van der Waals surface area contributed by atoms with Crippen molar-refractivity contribution in [2.75, 3.05) is 33.5 Å². The van der Waals surface area contributed by atoms with Crippen molar-refractivity contribution in [2.45, 2.75) is 44.2 Å². The second-order valence-corrected chi connectivity index (χ2v) is 5.38. The molecule has 2 fully saturated rings. The van der Waals surface area contributed by atoms with E-state index in [1.807, 2.05) is 0 Å². The van der Waals surface area contributed by atoms with Gasteiger partial charge in [0.1, 0.15) is 12.6 Å². The Labute approximate surface area is 115 Å². The lowest BCUT2D eigenvalue weighted by atomic mass is 9.85. The summed E-state index contributed by atoms with van der Waals surface area (Å²) in [5.74, 6) is 0.550. The van der Waals surface area contributed by atoms with Crippen LogP contribution in [0.3, 0.4) is 0 Å². The maximum atomic E-state index is 11.9. The van der Waals surface area contributed by atoms with E-state index in [-0.39, 0.29) is 12.0 Å². The average Bonchev–Trinajstić information content (AvgIpc) is 2.86. The zero-order valence-electron chi connectivity index (χ0n) is 11.7. The van der Waals surface area contributed by atoms with Gasteiger partial charge in [-0.25, -0.2) is 0 Å². The number of carbonyl (C=O) groups is 1. The van der Waals surface area contributed by atoms with Crippen LogP contribution in [0.2, 0.25) is 0 Å². The monoisotopic (exact) mass is 271 g/mol. The van der Waals surface area contributed by atoms with E-state index < -0.39 is 0 Å². The fourth-order valence-corrected chi connectivity index (χ4v) is 3.05. The average molecular weight is 271 g/mol. The molecule has 2 aliphatic rings. The first kappa shape index (κ1) is 14.8. The number of esters is 1. The van der Waals surface area contributed by atoms with E-state index in [0.29, 0.717) is 38.4 Å². The lowest BCUT2D eigenvalue weighted by molar-refractivity contribution is -0.147. The molecule has 1 saturated carbocycles. The van der Waals surface area contributed by atoms with Crippen molar-refractivity contribution in [1.82, 2.24) is 5.32 Å². The molecule has 0 aromatic carbocycles. The minimum atomic E-state index is -0.121. The molecule has 19 heavy (non-hydrogen) atoms. The van der Waals surface area contributed by atoms with Crippen LogP contribution in [0.4, 0.5) is 0 Å². The van der Waals surface area contributed by atoms with Crippen LogP contribution in [0.5, 0.6) is 0 Å². The van der Waals surface area contributed by atoms with Crippen LogP contribution in [0.1, 0.15) is 32.1 Å². The molecule has 5 nitrogen and oxygen atoms in total. The zero-order valence-corrected chi connectivity index (χ0v) is 11.7. The van der Waals surface area contributed by atoms with Crippen LogP contribution in [-0.4, -0.2) is 51.6 Å². The second kappa shape index (κ2) is 7.82. The summed E-state index contributed by atoms with van der Waals surface area (Å²) in [7, 11) is 1.63. The van der Waals surface area contributed by atoms with Gasteiger partial charge in [-0.2, -0.15) is 0 Å². The van der Waals surface area contributed by atoms with Crippen molar-refractivity contribution in [3.63, 3.8) is 0 Å². The van der Waals surface area contributed by atoms with Crippen LogP contribution in [0.15, 0.2) is 0 Å². The highest BCUT2D eigenvalue weighted by Crippen LogP contribution is 2.33. The maximum Gasteiger partial charge on any atom is 0.323 e. The number of ether oxygens (including phenoxy) is 3. The zero-order chi connectivity index (χ0) is 13.5. The summed E-state index contributed by atoms with van der Waals surface area (Å²) in [4.78, 5) is 11.9. The summed E-state index contributed by atoms with van der Waals surface area (Å²) < 4.78 is 15.4. The van der Waals surface area contributed by atoms with Crippen LogP contribution >= 0.6 is 0 Å². The fraction of sp³-hybridized carbons (Fsp3) is 0.929. The topological polar surface area (TPSA) is 56.8 Å². The van der Waals surface area contributed by atoms with Crippen LogP contribution in [0.25, 0.3) is 0 Å². The van der Waals surface area contributed by atoms with Gasteiger partial charge in [-0.3, -0.25) is 4.79 Å². The third kappa shape index (κ3) is 4.44. The Bertz CT molecular complexity index is 271. The number of nitrogens with one attached hydrogen (secondary N) is 1. The Morgan fingerprint density at radius 1 is 1.16 bits per heavy atom. The molecular formula is C14H25NO4. The fourth-order valence-electron chi connectivity index (χ4n) is 3.05. The first-order valence-electron chi connectivity index (χ1n) is 7.30. The molecule has 0 aromatic rings. The quantitative estimate of drug-likeness (QED) is 0.555. The first-order chi connectivity index (χ1) is 9.31. The largest absolute Gasteiger partial charge is 0.462 e. The number of carbonyl (C=O) groups excluding carboxylic acids is 1. The smallest absolute Gasteiger partial charge is 0.323 e. The molecule has 0 amide bonds. The Morgan fingerprint density at radius 2 is 1.95 bits per heavy atom. The highest BCUT2D eigenvalue weighted by Gasteiger charge is 2.38. The summed E-state index contributed by atoms with van der Waals surface area (Å²) >= 11 is 0. The minimum Gasteiger partial charge on any atom is -0.462 e. The first-order valence-corrected chi connectivity index (χ1v) is 7.30. The van der Waals surface area contributed by atoms with Crippen LogP contribution in [-0.2, 0) is 19.0 Å². The van der Waals surface area contributed by atoms with E-state index in [1.54, 1.807) is 7.11 Å². The predicted molar refractivity (Wildman–Crippen MR) is 70.9 cm³/mol. The van der Waals surface area contributed by atoms with Crippen molar-refractivity contribution < 1.29 is 19.0 Å². The van der Waals surface area contributed by atoms with E-state index in [9.17, 15) is 4.79 Å². The van der Waals surface area contributed by atoms with Gasteiger partial charge in [-0.15, -0.1) is 0 Å². The van der Waals surface area contributed by atoms with E-state index in [4.69, 9.17) is 14.2 Å². The molecule has 1 aliphatic carbocycles. The second-order valence-electron chi connectivity index (χ2n) is 5.38. The molecule has 1 heterocycles. The third-order valence-electron chi connectivity index (χ3n) is 4.05. The van der Waals surface area contributed by atoms with Gasteiger partial charge < -0.3 is 19.5 Å². The Kier molecular flexibility index (Phi) is 6.07. The van der Waals surface area contributed by atoms with Crippen molar-refractivity contribution in [3.8, 4) is 0 Å². The molecule has 0 aromatic heterocycles. The molecule has 0 spiro atoms.